The van der Waals surface area contributed by atoms with E-state index in [1.54, 1.807) is 29.7 Å². The summed E-state index contributed by atoms with van der Waals surface area (Å²) in [6.45, 7) is 7.56. The Hall–Kier alpha value is -4.56. The zero-order valence-electron chi connectivity index (χ0n) is 24.3. The molecule has 10 nitrogen and oxygen atoms in total. The molecule has 0 saturated carbocycles. The van der Waals surface area contributed by atoms with Crippen LogP contribution in [0.5, 0.6) is 0 Å². The summed E-state index contributed by atoms with van der Waals surface area (Å²) in [5.74, 6) is -3.49. The van der Waals surface area contributed by atoms with Gasteiger partial charge in [-0.15, -0.1) is 0 Å². The Morgan fingerprint density at radius 2 is 1.73 bits per heavy atom. The van der Waals surface area contributed by atoms with E-state index in [4.69, 9.17) is 4.74 Å². The number of hydrogen-bond acceptors (Lipinski definition) is 8. The van der Waals surface area contributed by atoms with Crippen LogP contribution in [0.25, 0.3) is 28.0 Å². The Kier molecular flexibility index (Phi) is 7.73. The van der Waals surface area contributed by atoms with Crippen molar-refractivity contribution in [2.75, 3.05) is 37.7 Å². The lowest BCUT2D eigenvalue weighted by molar-refractivity contribution is -0.126. The van der Waals surface area contributed by atoms with Crippen molar-refractivity contribution in [3.8, 4) is 16.9 Å². The van der Waals surface area contributed by atoms with Crippen LogP contribution in [0.4, 0.5) is 19.0 Å². The molecule has 0 aliphatic carbocycles. The highest BCUT2D eigenvalue weighted by atomic mass is 32.2. The minimum absolute atomic E-state index is 0.00141. The van der Waals surface area contributed by atoms with Crippen LogP contribution in [0.1, 0.15) is 12.5 Å². The normalized spacial score (nSPS) is 17.4. The second-order valence-corrected chi connectivity index (χ2v) is 13.2. The predicted octanol–water partition coefficient (Wildman–Crippen LogP) is 3.57. The third-order valence-corrected chi connectivity index (χ3v) is 10.3. The molecule has 45 heavy (non-hydrogen) atoms. The Bertz CT molecular complexity index is 2030. The number of piperazine rings is 1. The van der Waals surface area contributed by atoms with E-state index in [0.29, 0.717) is 5.56 Å². The number of sulfone groups is 1. The van der Waals surface area contributed by atoms with Gasteiger partial charge in [-0.05, 0) is 49.8 Å². The maximum atomic E-state index is 15.9. The molecule has 1 amide bonds. The first-order valence-electron chi connectivity index (χ1n) is 14.1. The van der Waals surface area contributed by atoms with Gasteiger partial charge in [0.15, 0.2) is 21.3 Å². The van der Waals surface area contributed by atoms with E-state index in [0.717, 1.165) is 28.8 Å². The number of para-hydroxylation sites is 1. The monoisotopic (exact) mass is 639 g/mol. The molecular weight excluding hydrogens is 611 g/mol. The van der Waals surface area contributed by atoms with Crippen LogP contribution in [0.2, 0.25) is 0 Å². The molecule has 4 aromatic rings. The summed E-state index contributed by atoms with van der Waals surface area (Å²) in [6.07, 6.45) is 1.20. The molecule has 1 atom stereocenters. The number of fused-ring (bicyclic) bond motifs is 1. The van der Waals surface area contributed by atoms with Gasteiger partial charge in [-0.2, -0.15) is 4.98 Å². The van der Waals surface area contributed by atoms with Gasteiger partial charge in [-0.1, -0.05) is 24.8 Å². The zero-order chi connectivity index (χ0) is 32.2. The van der Waals surface area contributed by atoms with Crippen molar-refractivity contribution in [1.82, 2.24) is 19.4 Å². The Balaban J connectivity index is 1.66. The minimum Gasteiger partial charge on any atom is -0.379 e. The van der Waals surface area contributed by atoms with Crippen molar-refractivity contribution >= 4 is 32.6 Å². The summed E-state index contributed by atoms with van der Waals surface area (Å²) in [7, 11) is -4.02. The summed E-state index contributed by atoms with van der Waals surface area (Å²) < 4.78 is 79.1. The van der Waals surface area contributed by atoms with Crippen LogP contribution in [-0.4, -0.2) is 77.9 Å². The predicted molar refractivity (Wildman–Crippen MR) is 161 cm³/mol. The molecule has 14 heteroatoms. The van der Waals surface area contributed by atoms with Crippen LogP contribution in [0.3, 0.4) is 0 Å². The Morgan fingerprint density at radius 1 is 1.04 bits per heavy atom. The van der Waals surface area contributed by atoms with Crippen molar-refractivity contribution < 1.29 is 31.1 Å². The summed E-state index contributed by atoms with van der Waals surface area (Å²) in [6, 6.07) is 8.09. The van der Waals surface area contributed by atoms with Crippen LogP contribution in [-0.2, 0) is 19.4 Å². The third-order valence-electron chi connectivity index (χ3n) is 8.16. The molecule has 2 aromatic carbocycles. The van der Waals surface area contributed by atoms with Crippen molar-refractivity contribution in [2.24, 2.45) is 0 Å². The average molecular weight is 640 g/mol. The molecule has 2 fully saturated rings. The van der Waals surface area contributed by atoms with Gasteiger partial charge in [-0.25, -0.2) is 35.9 Å². The fourth-order valence-corrected chi connectivity index (χ4v) is 7.45. The molecule has 0 unspecified atom stereocenters. The number of aromatic nitrogens is 3. The molecule has 234 valence electrons. The molecule has 2 aliphatic rings. The summed E-state index contributed by atoms with van der Waals surface area (Å²) in [4.78, 5) is 38.0. The van der Waals surface area contributed by atoms with Gasteiger partial charge < -0.3 is 14.5 Å². The summed E-state index contributed by atoms with van der Waals surface area (Å²) in [5, 5.41) is -0.849. The zero-order valence-corrected chi connectivity index (χ0v) is 25.2. The molecule has 0 bridgehead atoms. The molecule has 0 N–H and O–H groups in total. The first kappa shape index (κ1) is 30.5. The SMILES string of the molecule is C=CC(=O)N1CCN(c2nc(=O)n(-c3c(C)cccc3S(=O)(=O)C3COC3)c3nc(-c4c(F)cccc4F)c(F)cc23)[C@@H](C)C1. The number of carbonyl (C=O) groups is 1. The number of benzene rings is 2. The van der Waals surface area contributed by atoms with Crippen LogP contribution in [0, 0.1) is 24.4 Å². The summed E-state index contributed by atoms with van der Waals surface area (Å²) in [5.41, 5.74) is -2.34. The quantitative estimate of drug-likeness (QED) is 0.295. The van der Waals surface area contributed by atoms with Gasteiger partial charge in [0.1, 0.15) is 28.4 Å². The maximum absolute atomic E-state index is 15.9. The fourth-order valence-electron chi connectivity index (χ4n) is 5.75. The Morgan fingerprint density at radius 3 is 2.36 bits per heavy atom. The van der Waals surface area contributed by atoms with Crippen molar-refractivity contribution in [2.45, 2.75) is 30.0 Å². The fraction of sp³-hybridized carbons (Fsp3) is 0.290. The molecule has 0 radical (unpaired) electrons. The standard InChI is InChI=1S/C31H28F3N5O5S/c1-4-25(40)37-11-12-38(18(3)14-37)29-20-13-23(34)27(26-21(32)8-6-9-22(26)33)35-30(20)39(31(41)36-29)28-17(2)7-5-10-24(28)45(42,43)19-15-44-16-19/h4-10,13,18-19H,1,11-12,14-16H2,2-3H3/t18-/m0/s1. The number of halogens is 3. The van der Waals surface area contributed by atoms with Gasteiger partial charge in [0, 0.05) is 25.7 Å². The largest absolute Gasteiger partial charge is 0.379 e. The van der Waals surface area contributed by atoms with Crippen LogP contribution in [0.15, 0.2) is 64.8 Å². The van der Waals surface area contributed by atoms with Crippen molar-refractivity contribution in [3.63, 3.8) is 0 Å². The van der Waals surface area contributed by atoms with Gasteiger partial charge in [0.25, 0.3) is 0 Å². The molecule has 2 saturated heterocycles. The molecule has 4 heterocycles. The number of nitrogens with zero attached hydrogens (tertiary/aromatic N) is 5. The number of carbonyl (C=O) groups excluding carboxylic acids is 1. The second-order valence-electron chi connectivity index (χ2n) is 11.0. The average Bonchev–Trinajstić information content (AvgIpc) is 2.96. The lowest BCUT2D eigenvalue weighted by Gasteiger charge is -2.40. The minimum atomic E-state index is -4.02. The second kappa shape index (κ2) is 11.4. The van der Waals surface area contributed by atoms with E-state index in [1.165, 1.54) is 18.2 Å². The van der Waals surface area contributed by atoms with E-state index in [9.17, 15) is 26.8 Å². The number of pyridine rings is 1. The first-order chi connectivity index (χ1) is 21.4. The van der Waals surface area contributed by atoms with Crippen molar-refractivity contribution in [1.29, 1.82) is 0 Å². The third kappa shape index (κ3) is 5.07. The van der Waals surface area contributed by atoms with Gasteiger partial charge in [-0.3, -0.25) is 4.79 Å². The van der Waals surface area contributed by atoms with E-state index in [1.807, 2.05) is 0 Å². The van der Waals surface area contributed by atoms with E-state index < -0.39 is 55.5 Å². The number of aryl methyl sites for hydroxylation is 1. The summed E-state index contributed by atoms with van der Waals surface area (Å²) >= 11 is 0. The molecule has 6 rings (SSSR count). The first-order valence-corrected chi connectivity index (χ1v) is 15.7. The Labute approximate surface area is 256 Å². The smallest absolute Gasteiger partial charge is 0.355 e. The van der Waals surface area contributed by atoms with E-state index >= 15 is 4.39 Å². The number of anilines is 1. The highest BCUT2D eigenvalue weighted by Gasteiger charge is 2.37. The molecule has 0 spiro atoms. The number of ether oxygens (including phenoxy) is 1. The van der Waals surface area contributed by atoms with Crippen molar-refractivity contribution in [3.05, 3.63) is 88.6 Å². The lowest BCUT2D eigenvalue weighted by atomic mass is 10.1. The van der Waals surface area contributed by atoms with Crippen LogP contribution < -0.4 is 10.6 Å². The molecule has 2 aliphatic heterocycles. The number of hydrogen-bond donors (Lipinski definition) is 0. The maximum Gasteiger partial charge on any atom is 0.355 e. The highest BCUT2D eigenvalue weighted by molar-refractivity contribution is 7.92. The number of rotatable bonds is 6. The highest BCUT2D eigenvalue weighted by Crippen LogP contribution is 2.35. The number of amides is 1. The van der Waals surface area contributed by atoms with Gasteiger partial charge in [0.05, 0.1) is 34.7 Å². The van der Waals surface area contributed by atoms with Gasteiger partial charge >= 0.3 is 5.69 Å². The topological polar surface area (TPSA) is 115 Å². The van der Waals surface area contributed by atoms with Crippen LogP contribution >= 0.6 is 0 Å². The molecule has 2 aromatic heterocycles. The molecular formula is C31H28F3N5O5S. The van der Waals surface area contributed by atoms with E-state index in [-0.39, 0.29) is 66.2 Å². The van der Waals surface area contributed by atoms with E-state index in [2.05, 4.69) is 16.5 Å². The lowest BCUT2D eigenvalue weighted by Crippen LogP contribution is -2.54. The van der Waals surface area contributed by atoms with Gasteiger partial charge in [0.2, 0.25) is 5.91 Å².